The highest BCUT2D eigenvalue weighted by Crippen LogP contribution is 2.11. The van der Waals surface area contributed by atoms with Gasteiger partial charge in [-0.3, -0.25) is 4.79 Å². The fourth-order valence-electron chi connectivity index (χ4n) is 2.34. The Morgan fingerprint density at radius 3 is 2.64 bits per heavy atom. The van der Waals surface area contributed by atoms with Crippen molar-refractivity contribution in [2.75, 3.05) is 13.1 Å². The van der Waals surface area contributed by atoms with E-state index in [-0.39, 0.29) is 23.9 Å². The molecular weight excluding hydrogens is 340 g/mol. The molecule has 0 fully saturated rings. The van der Waals surface area contributed by atoms with Gasteiger partial charge in [-0.2, -0.15) is 0 Å². The molecule has 0 unspecified atom stereocenters. The molecule has 7 nitrogen and oxygen atoms in total. The van der Waals surface area contributed by atoms with Gasteiger partial charge in [-0.05, 0) is 37.3 Å². The normalized spacial score (nSPS) is 11.6. The summed E-state index contributed by atoms with van der Waals surface area (Å²) in [5, 5.41) is 2.69. The minimum absolute atomic E-state index is 0.105. The lowest BCUT2D eigenvalue weighted by Gasteiger charge is -2.08. The van der Waals surface area contributed by atoms with E-state index in [1.54, 1.807) is 48.8 Å². The van der Waals surface area contributed by atoms with Crippen molar-refractivity contribution in [1.29, 1.82) is 0 Å². The zero-order valence-corrected chi connectivity index (χ0v) is 14.4. The summed E-state index contributed by atoms with van der Waals surface area (Å²) < 4.78 is 26.7. The third kappa shape index (κ3) is 4.04. The maximum atomic E-state index is 12.1. The summed E-state index contributed by atoms with van der Waals surface area (Å²) >= 11 is 0. The Morgan fingerprint density at radius 2 is 1.88 bits per heavy atom. The number of benzene rings is 2. The summed E-state index contributed by atoms with van der Waals surface area (Å²) in [5.41, 5.74) is 3.02. The van der Waals surface area contributed by atoms with Crippen molar-refractivity contribution in [2.24, 2.45) is 0 Å². The van der Waals surface area contributed by atoms with Crippen LogP contribution >= 0.6 is 0 Å². The zero-order chi connectivity index (χ0) is 17.9. The molecular formula is C17H18N4O3S. The van der Waals surface area contributed by atoms with Gasteiger partial charge in [0.05, 0.1) is 22.3 Å². The molecule has 3 aromatic rings. The molecule has 2 aromatic carbocycles. The van der Waals surface area contributed by atoms with E-state index in [1.165, 1.54) is 0 Å². The van der Waals surface area contributed by atoms with E-state index in [4.69, 9.17) is 0 Å². The van der Waals surface area contributed by atoms with Crippen LogP contribution in [0.1, 0.15) is 15.9 Å². The van der Waals surface area contributed by atoms with Gasteiger partial charge >= 0.3 is 0 Å². The highest BCUT2D eigenvalue weighted by atomic mass is 32.2. The van der Waals surface area contributed by atoms with Crippen LogP contribution in [0.4, 0.5) is 0 Å². The number of carbonyl (C=O) groups excluding carboxylic acids is 1. The SMILES string of the molecule is Cc1ccc(S(=O)(=O)NCCNC(=O)c2ccc3nc[nH]c3c2)cc1. The maximum absolute atomic E-state index is 12.1. The van der Waals surface area contributed by atoms with Crippen molar-refractivity contribution in [1.82, 2.24) is 20.0 Å². The van der Waals surface area contributed by atoms with Crippen molar-refractivity contribution in [3.63, 3.8) is 0 Å². The number of imidazole rings is 1. The summed E-state index contributed by atoms with van der Waals surface area (Å²) in [7, 11) is -3.58. The molecule has 0 saturated heterocycles. The number of H-pyrrole nitrogens is 1. The first-order chi connectivity index (χ1) is 12.0. The number of aromatic amines is 1. The van der Waals surface area contributed by atoms with Gasteiger partial charge in [0, 0.05) is 18.7 Å². The molecule has 1 heterocycles. The fourth-order valence-corrected chi connectivity index (χ4v) is 3.37. The monoisotopic (exact) mass is 358 g/mol. The van der Waals surface area contributed by atoms with Gasteiger partial charge in [-0.15, -0.1) is 0 Å². The third-order valence-electron chi connectivity index (χ3n) is 3.72. The Labute approximate surface area is 145 Å². The average Bonchev–Trinajstić information content (AvgIpc) is 3.06. The van der Waals surface area contributed by atoms with Crippen LogP contribution in [-0.4, -0.2) is 37.4 Å². The van der Waals surface area contributed by atoms with Crippen LogP contribution in [0.15, 0.2) is 53.7 Å². The van der Waals surface area contributed by atoms with Crippen molar-refractivity contribution < 1.29 is 13.2 Å². The molecule has 3 rings (SSSR count). The van der Waals surface area contributed by atoms with Gasteiger partial charge in [-0.1, -0.05) is 17.7 Å². The number of aryl methyl sites for hydroxylation is 1. The number of amides is 1. The Kier molecular flexibility index (Phi) is 4.82. The molecule has 0 atom stereocenters. The smallest absolute Gasteiger partial charge is 0.251 e. The largest absolute Gasteiger partial charge is 0.351 e. The van der Waals surface area contributed by atoms with E-state index in [1.807, 2.05) is 6.92 Å². The summed E-state index contributed by atoms with van der Waals surface area (Å²) in [6.45, 7) is 2.18. The first-order valence-corrected chi connectivity index (χ1v) is 9.22. The van der Waals surface area contributed by atoms with Gasteiger partial charge in [0.1, 0.15) is 0 Å². The van der Waals surface area contributed by atoms with Gasteiger partial charge < -0.3 is 10.3 Å². The third-order valence-corrected chi connectivity index (χ3v) is 5.19. The van der Waals surface area contributed by atoms with E-state index in [0.29, 0.717) is 5.56 Å². The van der Waals surface area contributed by atoms with Gasteiger partial charge in [-0.25, -0.2) is 18.1 Å². The molecule has 0 aliphatic rings. The van der Waals surface area contributed by atoms with Gasteiger partial charge in [0.25, 0.3) is 5.91 Å². The molecule has 1 aromatic heterocycles. The van der Waals surface area contributed by atoms with E-state index < -0.39 is 10.0 Å². The molecule has 25 heavy (non-hydrogen) atoms. The van der Waals surface area contributed by atoms with Crippen molar-refractivity contribution in [3.05, 3.63) is 59.9 Å². The number of nitrogens with zero attached hydrogens (tertiary/aromatic N) is 1. The summed E-state index contributed by atoms with van der Waals surface area (Å²) in [4.78, 5) is 19.4. The van der Waals surface area contributed by atoms with Gasteiger partial charge in [0.15, 0.2) is 0 Å². The van der Waals surface area contributed by atoms with Crippen LogP contribution in [0.5, 0.6) is 0 Å². The fraction of sp³-hybridized carbons (Fsp3) is 0.176. The van der Waals surface area contributed by atoms with Crippen molar-refractivity contribution in [2.45, 2.75) is 11.8 Å². The average molecular weight is 358 g/mol. The second-order valence-electron chi connectivity index (χ2n) is 5.60. The summed E-state index contributed by atoms with van der Waals surface area (Å²) in [5.74, 6) is -0.272. The number of sulfonamides is 1. The van der Waals surface area contributed by atoms with Crippen LogP contribution < -0.4 is 10.0 Å². The second kappa shape index (κ2) is 7.04. The number of carbonyl (C=O) groups is 1. The number of hydrogen-bond acceptors (Lipinski definition) is 4. The minimum atomic E-state index is -3.58. The Hall–Kier alpha value is -2.71. The van der Waals surface area contributed by atoms with E-state index in [9.17, 15) is 13.2 Å². The number of rotatable bonds is 6. The molecule has 3 N–H and O–H groups in total. The van der Waals surface area contributed by atoms with Gasteiger partial charge in [0.2, 0.25) is 10.0 Å². The topological polar surface area (TPSA) is 104 Å². The standard InChI is InChI=1S/C17H18N4O3S/c1-12-2-5-14(6-3-12)25(23,24)21-9-8-18-17(22)13-4-7-15-16(10-13)20-11-19-15/h2-7,10-11,21H,8-9H2,1H3,(H,18,22)(H,19,20). The van der Waals surface area contributed by atoms with E-state index >= 15 is 0 Å². The Balaban J connectivity index is 1.53. The van der Waals surface area contributed by atoms with Crippen LogP contribution in [0.3, 0.4) is 0 Å². The maximum Gasteiger partial charge on any atom is 0.251 e. The van der Waals surface area contributed by atoms with Crippen LogP contribution in [0.2, 0.25) is 0 Å². The molecule has 0 aliphatic heterocycles. The van der Waals surface area contributed by atoms with E-state index in [0.717, 1.165) is 16.6 Å². The highest BCUT2D eigenvalue weighted by molar-refractivity contribution is 7.89. The quantitative estimate of drug-likeness (QED) is 0.582. The summed E-state index contributed by atoms with van der Waals surface area (Å²) in [6.07, 6.45) is 1.56. The molecule has 0 saturated carbocycles. The van der Waals surface area contributed by atoms with Crippen LogP contribution in [0, 0.1) is 6.92 Å². The molecule has 0 aliphatic carbocycles. The number of nitrogens with one attached hydrogen (secondary N) is 3. The Morgan fingerprint density at radius 1 is 1.12 bits per heavy atom. The number of hydrogen-bond donors (Lipinski definition) is 3. The predicted octanol–water partition coefficient (Wildman–Crippen LogP) is 1.58. The molecule has 130 valence electrons. The lowest BCUT2D eigenvalue weighted by Crippen LogP contribution is -2.34. The minimum Gasteiger partial charge on any atom is -0.351 e. The predicted molar refractivity (Wildman–Crippen MR) is 94.8 cm³/mol. The first-order valence-electron chi connectivity index (χ1n) is 7.73. The second-order valence-corrected chi connectivity index (χ2v) is 7.37. The molecule has 1 amide bonds. The molecule has 0 spiro atoms. The molecule has 0 radical (unpaired) electrons. The van der Waals surface area contributed by atoms with Crippen LogP contribution in [-0.2, 0) is 10.0 Å². The number of aromatic nitrogens is 2. The Bertz CT molecular complexity index is 994. The van der Waals surface area contributed by atoms with Crippen molar-refractivity contribution in [3.8, 4) is 0 Å². The zero-order valence-electron chi connectivity index (χ0n) is 13.6. The first kappa shape index (κ1) is 17.1. The molecule has 8 heteroatoms. The van der Waals surface area contributed by atoms with Crippen LogP contribution in [0.25, 0.3) is 11.0 Å². The number of fused-ring (bicyclic) bond motifs is 1. The summed E-state index contributed by atoms with van der Waals surface area (Å²) in [6, 6.07) is 11.7. The van der Waals surface area contributed by atoms with Crippen molar-refractivity contribution >= 4 is 27.0 Å². The lowest BCUT2D eigenvalue weighted by molar-refractivity contribution is 0.0954. The highest BCUT2D eigenvalue weighted by Gasteiger charge is 2.13. The lowest BCUT2D eigenvalue weighted by atomic mass is 10.2. The molecule has 0 bridgehead atoms. The van der Waals surface area contributed by atoms with E-state index in [2.05, 4.69) is 20.0 Å².